The second kappa shape index (κ2) is 7.28. The van der Waals surface area contributed by atoms with E-state index in [2.05, 4.69) is 15.5 Å². The summed E-state index contributed by atoms with van der Waals surface area (Å²) < 4.78 is 5.24. The summed E-state index contributed by atoms with van der Waals surface area (Å²) in [7, 11) is 0. The zero-order valence-corrected chi connectivity index (χ0v) is 12.7. The van der Waals surface area contributed by atoms with Crippen molar-refractivity contribution in [2.75, 3.05) is 11.1 Å². The van der Waals surface area contributed by atoms with Crippen LogP contribution in [0, 0.1) is 5.92 Å². The van der Waals surface area contributed by atoms with Gasteiger partial charge in [0.1, 0.15) is 5.25 Å². The van der Waals surface area contributed by atoms with E-state index >= 15 is 0 Å². The summed E-state index contributed by atoms with van der Waals surface area (Å²) >= 11 is 1.08. The van der Waals surface area contributed by atoms with Crippen molar-refractivity contribution in [2.45, 2.75) is 38.9 Å². The number of carboxylic acid groups (broad SMARTS) is 1. The molecule has 0 aliphatic rings. The number of thioether (sulfide) groups is 1. The van der Waals surface area contributed by atoms with E-state index in [-0.39, 0.29) is 29.5 Å². The van der Waals surface area contributed by atoms with E-state index in [1.165, 1.54) is 0 Å². The molecule has 0 aromatic carbocycles. The normalized spacial score (nSPS) is 12.7. The van der Waals surface area contributed by atoms with Crippen LogP contribution in [0.25, 0.3) is 0 Å². The molecule has 2 N–H and O–H groups in total. The van der Waals surface area contributed by atoms with Crippen molar-refractivity contribution in [1.82, 2.24) is 10.2 Å². The molecule has 1 heterocycles. The fraction of sp³-hybridized carbons (Fsp3) is 0.667. The van der Waals surface area contributed by atoms with Crippen molar-refractivity contribution in [3.63, 3.8) is 0 Å². The van der Waals surface area contributed by atoms with Crippen LogP contribution >= 0.6 is 11.8 Å². The van der Waals surface area contributed by atoms with Crippen LogP contribution in [0.1, 0.15) is 39.5 Å². The Morgan fingerprint density at radius 2 is 1.95 bits per heavy atom. The zero-order valence-electron chi connectivity index (χ0n) is 11.9. The molecule has 1 atom stereocenters. The van der Waals surface area contributed by atoms with Crippen molar-refractivity contribution in [3.05, 3.63) is 5.89 Å². The third-order valence-corrected chi connectivity index (χ3v) is 3.96. The molecule has 1 unspecified atom stereocenters. The standard InChI is InChI=1S/C12H19N3O4S/c1-6(2)9(11(17)18)20-5-8(16)13-12-15-14-10(19-12)7(3)4/h6-7,9H,5H2,1-4H3,(H,17,18)(H,13,15,16). The maximum Gasteiger partial charge on any atom is 0.322 e. The number of carbonyl (C=O) groups excluding carboxylic acids is 1. The van der Waals surface area contributed by atoms with Crippen molar-refractivity contribution in [2.24, 2.45) is 5.92 Å². The highest BCUT2D eigenvalue weighted by Gasteiger charge is 2.23. The van der Waals surface area contributed by atoms with Gasteiger partial charge in [-0.1, -0.05) is 32.8 Å². The molecule has 0 aliphatic heterocycles. The number of aromatic nitrogens is 2. The Hall–Kier alpha value is -1.57. The van der Waals surface area contributed by atoms with Gasteiger partial charge in [-0.05, 0) is 5.92 Å². The summed E-state index contributed by atoms with van der Waals surface area (Å²) in [6, 6.07) is 0.0377. The quantitative estimate of drug-likeness (QED) is 0.793. The molecule has 0 saturated carbocycles. The third kappa shape index (κ3) is 4.84. The van der Waals surface area contributed by atoms with Crippen molar-refractivity contribution >= 4 is 29.7 Å². The second-order valence-electron chi connectivity index (χ2n) is 4.96. The summed E-state index contributed by atoms with van der Waals surface area (Å²) in [5.41, 5.74) is 0. The minimum absolute atomic E-state index is 0.0224. The van der Waals surface area contributed by atoms with Gasteiger partial charge in [0.15, 0.2) is 0 Å². The first-order chi connectivity index (χ1) is 9.31. The average molecular weight is 301 g/mol. The number of amides is 1. The zero-order chi connectivity index (χ0) is 15.3. The lowest BCUT2D eigenvalue weighted by Gasteiger charge is -2.14. The second-order valence-corrected chi connectivity index (χ2v) is 6.09. The van der Waals surface area contributed by atoms with E-state index < -0.39 is 11.2 Å². The molecule has 1 aromatic rings. The van der Waals surface area contributed by atoms with Gasteiger partial charge in [0.2, 0.25) is 11.8 Å². The molecule has 1 aromatic heterocycles. The van der Waals surface area contributed by atoms with Gasteiger partial charge in [-0.3, -0.25) is 14.9 Å². The maximum absolute atomic E-state index is 11.7. The third-order valence-electron chi connectivity index (χ3n) is 2.42. The molecule has 20 heavy (non-hydrogen) atoms. The molecular formula is C12H19N3O4S. The van der Waals surface area contributed by atoms with Crippen LogP contribution in [0.5, 0.6) is 0 Å². The number of aliphatic carboxylic acids is 1. The molecule has 0 saturated heterocycles. The number of carboxylic acids is 1. The number of hydrogen-bond acceptors (Lipinski definition) is 6. The lowest BCUT2D eigenvalue weighted by Crippen LogP contribution is -2.25. The highest BCUT2D eigenvalue weighted by atomic mass is 32.2. The Bertz CT molecular complexity index is 473. The number of rotatable bonds is 7. The monoisotopic (exact) mass is 301 g/mol. The number of anilines is 1. The van der Waals surface area contributed by atoms with Gasteiger partial charge in [-0.25, -0.2) is 0 Å². The van der Waals surface area contributed by atoms with Crippen LogP contribution in [0.15, 0.2) is 4.42 Å². The Kier molecular flexibility index (Phi) is 6.00. The molecule has 0 fully saturated rings. The summed E-state index contributed by atoms with van der Waals surface area (Å²) in [5.74, 6) is -0.785. The maximum atomic E-state index is 11.7. The minimum atomic E-state index is -0.919. The molecule has 1 amide bonds. The summed E-state index contributed by atoms with van der Waals surface area (Å²) in [6.07, 6.45) is 0. The molecular weight excluding hydrogens is 282 g/mol. The van der Waals surface area contributed by atoms with Gasteiger partial charge in [0, 0.05) is 5.92 Å². The van der Waals surface area contributed by atoms with Gasteiger partial charge in [-0.15, -0.1) is 16.9 Å². The van der Waals surface area contributed by atoms with Crippen molar-refractivity contribution in [3.8, 4) is 0 Å². The molecule has 112 valence electrons. The SMILES string of the molecule is CC(C)c1nnc(NC(=O)CSC(C(=O)O)C(C)C)o1. The van der Waals surface area contributed by atoms with E-state index in [9.17, 15) is 9.59 Å². The molecule has 0 spiro atoms. The van der Waals surface area contributed by atoms with Crippen LogP contribution in [-0.2, 0) is 9.59 Å². The largest absolute Gasteiger partial charge is 0.480 e. The lowest BCUT2D eigenvalue weighted by atomic mass is 10.1. The van der Waals surface area contributed by atoms with Crippen LogP contribution in [0.2, 0.25) is 0 Å². The first-order valence-electron chi connectivity index (χ1n) is 6.29. The Morgan fingerprint density at radius 3 is 2.40 bits per heavy atom. The van der Waals surface area contributed by atoms with E-state index in [1.807, 2.05) is 13.8 Å². The van der Waals surface area contributed by atoms with Crippen LogP contribution in [0.3, 0.4) is 0 Å². The van der Waals surface area contributed by atoms with Crippen molar-refractivity contribution < 1.29 is 19.1 Å². The summed E-state index contributed by atoms with van der Waals surface area (Å²) in [4.78, 5) is 22.7. The van der Waals surface area contributed by atoms with Gasteiger partial charge in [-0.2, -0.15) is 0 Å². The Morgan fingerprint density at radius 1 is 1.30 bits per heavy atom. The number of hydrogen-bond donors (Lipinski definition) is 2. The van der Waals surface area contributed by atoms with Gasteiger partial charge >= 0.3 is 12.0 Å². The molecule has 1 rings (SSSR count). The first kappa shape index (κ1) is 16.5. The van der Waals surface area contributed by atoms with Gasteiger partial charge in [0.05, 0.1) is 5.75 Å². The highest BCUT2D eigenvalue weighted by molar-refractivity contribution is 8.01. The fourth-order valence-corrected chi connectivity index (χ4v) is 2.32. The predicted molar refractivity (Wildman–Crippen MR) is 75.7 cm³/mol. The van der Waals surface area contributed by atoms with Crippen molar-refractivity contribution in [1.29, 1.82) is 0 Å². The number of nitrogens with zero attached hydrogens (tertiary/aromatic N) is 2. The molecule has 0 bridgehead atoms. The van der Waals surface area contributed by atoms with E-state index in [0.29, 0.717) is 5.89 Å². The van der Waals surface area contributed by atoms with E-state index in [4.69, 9.17) is 9.52 Å². The predicted octanol–water partition coefficient (Wildman–Crippen LogP) is 1.97. The highest BCUT2D eigenvalue weighted by Crippen LogP contribution is 2.20. The van der Waals surface area contributed by atoms with Gasteiger partial charge < -0.3 is 9.52 Å². The van der Waals surface area contributed by atoms with Gasteiger partial charge in [0.25, 0.3) is 0 Å². The Labute approximate surface area is 121 Å². The topological polar surface area (TPSA) is 105 Å². The summed E-state index contributed by atoms with van der Waals surface area (Å²) in [6.45, 7) is 7.40. The summed E-state index contributed by atoms with van der Waals surface area (Å²) in [5, 5.41) is 18.3. The minimum Gasteiger partial charge on any atom is -0.480 e. The molecule has 0 aliphatic carbocycles. The first-order valence-corrected chi connectivity index (χ1v) is 7.33. The smallest absolute Gasteiger partial charge is 0.322 e. The van der Waals surface area contributed by atoms with Crippen LogP contribution in [-0.4, -0.2) is 38.2 Å². The lowest BCUT2D eigenvalue weighted by molar-refractivity contribution is -0.137. The molecule has 0 radical (unpaired) electrons. The molecule has 8 heteroatoms. The van der Waals surface area contributed by atoms with Crippen LogP contribution in [0.4, 0.5) is 6.01 Å². The average Bonchev–Trinajstić information content (AvgIpc) is 2.76. The molecule has 7 nitrogen and oxygen atoms in total. The number of carbonyl (C=O) groups is 2. The fourth-order valence-electron chi connectivity index (χ4n) is 1.39. The number of nitrogens with one attached hydrogen (secondary N) is 1. The van der Waals surface area contributed by atoms with Crippen LogP contribution < -0.4 is 5.32 Å². The van der Waals surface area contributed by atoms with E-state index in [0.717, 1.165) is 11.8 Å². The Balaban J connectivity index is 2.48. The van der Waals surface area contributed by atoms with E-state index in [1.54, 1.807) is 13.8 Å².